The van der Waals surface area contributed by atoms with Crippen molar-refractivity contribution >= 4 is 0 Å². The molecule has 0 amide bonds. The van der Waals surface area contributed by atoms with Crippen LogP contribution in [0.15, 0.2) is 18.2 Å². The van der Waals surface area contributed by atoms with E-state index in [-0.39, 0.29) is 23.9 Å². The molecule has 0 heterocycles. The smallest absolute Gasteiger partial charge is 0.120 e. The van der Waals surface area contributed by atoms with Crippen LogP contribution in [0.4, 0.5) is 0 Å². The Morgan fingerprint density at radius 1 is 1.38 bits per heavy atom. The molecule has 1 aromatic carbocycles. The molecule has 1 rings (SSSR count). The largest absolute Gasteiger partial charge is 0.508 e. The summed E-state index contributed by atoms with van der Waals surface area (Å²) >= 11 is 0. The Bertz CT molecular complexity index is 359. The van der Waals surface area contributed by atoms with Crippen LogP contribution in [0.2, 0.25) is 0 Å². The van der Waals surface area contributed by atoms with Crippen LogP contribution in [0.3, 0.4) is 0 Å². The van der Waals surface area contributed by atoms with E-state index < -0.39 is 0 Å². The van der Waals surface area contributed by atoms with Gasteiger partial charge < -0.3 is 21.3 Å². The SMILES string of the molecule is CC(C)(C)Oc1ccc(O)c([C@H](N)CN)c1. The fourth-order valence-electron chi connectivity index (χ4n) is 1.37. The fraction of sp³-hybridized carbons (Fsp3) is 0.500. The van der Waals surface area contributed by atoms with Crippen LogP contribution >= 0.6 is 0 Å². The average Bonchev–Trinajstić information content (AvgIpc) is 2.18. The van der Waals surface area contributed by atoms with Gasteiger partial charge in [-0.3, -0.25) is 0 Å². The van der Waals surface area contributed by atoms with E-state index in [0.29, 0.717) is 11.3 Å². The summed E-state index contributed by atoms with van der Waals surface area (Å²) < 4.78 is 5.68. The first kappa shape index (κ1) is 12.8. The summed E-state index contributed by atoms with van der Waals surface area (Å²) in [5.41, 5.74) is 11.6. The zero-order valence-electron chi connectivity index (χ0n) is 10.0. The van der Waals surface area contributed by atoms with Gasteiger partial charge in [0.05, 0.1) is 0 Å². The van der Waals surface area contributed by atoms with Crippen LogP contribution in [0, 0.1) is 0 Å². The van der Waals surface area contributed by atoms with Gasteiger partial charge in [-0.1, -0.05) is 0 Å². The Morgan fingerprint density at radius 3 is 2.50 bits per heavy atom. The molecule has 0 aliphatic heterocycles. The van der Waals surface area contributed by atoms with E-state index in [0.717, 1.165) is 0 Å². The Kier molecular flexibility index (Phi) is 3.78. The summed E-state index contributed by atoms with van der Waals surface area (Å²) in [7, 11) is 0. The molecule has 0 unspecified atom stereocenters. The molecule has 1 aromatic rings. The molecule has 0 radical (unpaired) electrons. The lowest BCUT2D eigenvalue weighted by molar-refractivity contribution is 0.130. The van der Waals surface area contributed by atoms with Gasteiger partial charge in [-0.25, -0.2) is 0 Å². The van der Waals surface area contributed by atoms with Crippen molar-refractivity contribution < 1.29 is 9.84 Å². The highest BCUT2D eigenvalue weighted by Gasteiger charge is 2.15. The Balaban J connectivity index is 2.98. The molecular formula is C12H20N2O2. The third-order valence-corrected chi connectivity index (χ3v) is 2.08. The van der Waals surface area contributed by atoms with Gasteiger partial charge in [-0.2, -0.15) is 0 Å². The van der Waals surface area contributed by atoms with Crippen molar-refractivity contribution in [1.29, 1.82) is 0 Å². The lowest BCUT2D eigenvalue weighted by Gasteiger charge is -2.22. The summed E-state index contributed by atoms with van der Waals surface area (Å²) in [6.07, 6.45) is 0. The zero-order valence-corrected chi connectivity index (χ0v) is 10.0. The highest BCUT2D eigenvalue weighted by molar-refractivity contribution is 5.41. The van der Waals surface area contributed by atoms with Crippen molar-refractivity contribution in [2.75, 3.05) is 6.54 Å². The van der Waals surface area contributed by atoms with E-state index in [4.69, 9.17) is 16.2 Å². The number of nitrogens with two attached hydrogens (primary N) is 2. The molecule has 16 heavy (non-hydrogen) atoms. The fourth-order valence-corrected chi connectivity index (χ4v) is 1.37. The first-order valence-corrected chi connectivity index (χ1v) is 5.31. The highest BCUT2D eigenvalue weighted by Crippen LogP contribution is 2.28. The molecule has 0 aliphatic rings. The van der Waals surface area contributed by atoms with E-state index in [2.05, 4.69) is 0 Å². The van der Waals surface area contributed by atoms with Gasteiger partial charge in [0.25, 0.3) is 0 Å². The molecule has 0 bridgehead atoms. The number of aromatic hydroxyl groups is 1. The summed E-state index contributed by atoms with van der Waals surface area (Å²) in [6, 6.07) is 4.65. The number of phenolic OH excluding ortho intramolecular Hbond substituents is 1. The summed E-state index contributed by atoms with van der Waals surface area (Å²) in [5, 5.41) is 9.64. The van der Waals surface area contributed by atoms with E-state index in [1.165, 1.54) is 0 Å². The van der Waals surface area contributed by atoms with Crippen LogP contribution in [-0.4, -0.2) is 17.3 Å². The van der Waals surface area contributed by atoms with E-state index in [1.807, 2.05) is 20.8 Å². The standard InChI is InChI=1S/C12H20N2O2/c1-12(2,3)16-8-4-5-11(15)9(6-8)10(14)7-13/h4-6,10,15H,7,13-14H2,1-3H3/t10-/m1/s1. The third kappa shape index (κ3) is 3.40. The first-order valence-electron chi connectivity index (χ1n) is 5.31. The number of ether oxygens (including phenoxy) is 1. The lowest BCUT2D eigenvalue weighted by atomic mass is 10.1. The average molecular weight is 224 g/mol. The quantitative estimate of drug-likeness (QED) is 0.727. The summed E-state index contributed by atoms with van der Waals surface area (Å²) in [6.45, 7) is 6.17. The molecule has 90 valence electrons. The third-order valence-electron chi connectivity index (χ3n) is 2.08. The Hall–Kier alpha value is -1.26. The van der Waals surface area contributed by atoms with E-state index >= 15 is 0 Å². The minimum atomic E-state index is -0.372. The maximum Gasteiger partial charge on any atom is 0.120 e. The first-order chi connectivity index (χ1) is 7.33. The predicted octanol–water partition coefficient (Wildman–Crippen LogP) is 1.53. The normalized spacial score (nSPS) is 13.6. The van der Waals surface area contributed by atoms with Crippen LogP contribution in [0.1, 0.15) is 32.4 Å². The van der Waals surface area contributed by atoms with Crippen molar-refractivity contribution in [1.82, 2.24) is 0 Å². The van der Waals surface area contributed by atoms with Crippen molar-refractivity contribution in [3.63, 3.8) is 0 Å². The topological polar surface area (TPSA) is 81.5 Å². The van der Waals surface area contributed by atoms with Crippen LogP contribution < -0.4 is 16.2 Å². The van der Waals surface area contributed by atoms with Crippen molar-refractivity contribution in [2.45, 2.75) is 32.4 Å². The minimum absolute atomic E-state index is 0.152. The molecule has 0 aliphatic carbocycles. The van der Waals surface area contributed by atoms with Gasteiger partial charge in [0, 0.05) is 18.2 Å². The van der Waals surface area contributed by atoms with Gasteiger partial charge >= 0.3 is 0 Å². The maximum absolute atomic E-state index is 9.64. The van der Waals surface area contributed by atoms with Gasteiger partial charge in [0.1, 0.15) is 17.1 Å². The van der Waals surface area contributed by atoms with Crippen molar-refractivity contribution in [3.8, 4) is 11.5 Å². The van der Waals surface area contributed by atoms with Gasteiger partial charge in [-0.05, 0) is 39.0 Å². The van der Waals surface area contributed by atoms with Crippen molar-refractivity contribution in [3.05, 3.63) is 23.8 Å². The molecule has 0 fully saturated rings. The molecule has 0 saturated carbocycles. The van der Waals surface area contributed by atoms with Gasteiger partial charge in [-0.15, -0.1) is 0 Å². The minimum Gasteiger partial charge on any atom is -0.508 e. The molecule has 4 heteroatoms. The van der Waals surface area contributed by atoms with Crippen LogP contribution in [0.25, 0.3) is 0 Å². The molecule has 0 aromatic heterocycles. The van der Waals surface area contributed by atoms with Gasteiger partial charge in [0.2, 0.25) is 0 Å². The molecule has 1 atom stereocenters. The summed E-state index contributed by atoms with van der Waals surface area (Å²) in [5.74, 6) is 0.836. The highest BCUT2D eigenvalue weighted by atomic mass is 16.5. The maximum atomic E-state index is 9.64. The summed E-state index contributed by atoms with van der Waals surface area (Å²) in [4.78, 5) is 0. The second kappa shape index (κ2) is 4.72. The monoisotopic (exact) mass is 224 g/mol. The Morgan fingerprint density at radius 2 is 2.00 bits per heavy atom. The molecule has 4 nitrogen and oxygen atoms in total. The molecule has 0 spiro atoms. The molecular weight excluding hydrogens is 204 g/mol. The van der Waals surface area contributed by atoms with E-state index in [1.54, 1.807) is 18.2 Å². The van der Waals surface area contributed by atoms with Crippen LogP contribution in [-0.2, 0) is 0 Å². The van der Waals surface area contributed by atoms with Crippen molar-refractivity contribution in [2.24, 2.45) is 11.5 Å². The second-order valence-electron chi connectivity index (χ2n) is 4.78. The lowest BCUT2D eigenvalue weighted by Crippen LogP contribution is -2.24. The number of phenols is 1. The number of hydrogen-bond donors (Lipinski definition) is 3. The molecule has 5 N–H and O–H groups in total. The van der Waals surface area contributed by atoms with Crippen LogP contribution in [0.5, 0.6) is 11.5 Å². The Labute approximate surface area is 96.2 Å². The number of benzene rings is 1. The van der Waals surface area contributed by atoms with Gasteiger partial charge in [0.15, 0.2) is 0 Å². The number of rotatable bonds is 3. The predicted molar refractivity (Wildman–Crippen MR) is 64.5 cm³/mol. The zero-order chi connectivity index (χ0) is 12.3. The van der Waals surface area contributed by atoms with E-state index in [9.17, 15) is 5.11 Å². The molecule has 0 saturated heterocycles. The number of hydrogen-bond acceptors (Lipinski definition) is 4. The second-order valence-corrected chi connectivity index (χ2v) is 4.78.